The van der Waals surface area contributed by atoms with E-state index in [9.17, 15) is 8.78 Å². The van der Waals surface area contributed by atoms with Gasteiger partial charge in [-0.05, 0) is 67.3 Å². The topological polar surface area (TPSA) is 12.9 Å². The van der Waals surface area contributed by atoms with Crippen molar-refractivity contribution in [1.29, 1.82) is 0 Å². The summed E-state index contributed by atoms with van der Waals surface area (Å²) < 4.78 is 26.3. The maximum atomic E-state index is 13.5. The predicted molar refractivity (Wildman–Crippen MR) is 96.2 cm³/mol. The van der Waals surface area contributed by atoms with E-state index in [-0.39, 0.29) is 5.56 Å². The van der Waals surface area contributed by atoms with Gasteiger partial charge in [-0.25, -0.2) is 0 Å². The average Bonchev–Trinajstić information content (AvgIpc) is 2.62. The van der Waals surface area contributed by atoms with Gasteiger partial charge in [-0.3, -0.25) is 0 Å². The van der Waals surface area contributed by atoms with Crippen LogP contribution in [0.4, 0.5) is 8.78 Å². The van der Waals surface area contributed by atoms with Gasteiger partial charge in [0, 0.05) is 5.56 Å². The first kappa shape index (κ1) is 17.6. The number of nitrogens with zero attached hydrogens (tertiary/aromatic N) is 1. The summed E-state index contributed by atoms with van der Waals surface area (Å²) in [5, 5.41) is 0. The maximum Gasteiger partial charge on any atom is 0.231 e. The molecule has 1 heterocycles. The van der Waals surface area contributed by atoms with Crippen LogP contribution in [-0.2, 0) is 0 Å². The first-order chi connectivity index (χ1) is 12.2. The lowest BCUT2D eigenvalue weighted by Gasteiger charge is -2.28. The van der Waals surface area contributed by atoms with Crippen molar-refractivity contribution in [2.75, 3.05) is 0 Å². The minimum absolute atomic E-state index is 0.111. The van der Waals surface area contributed by atoms with Crippen LogP contribution >= 0.6 is 0 Å². The Labute approximate surface area is 148 Å². The average molecular weight is 339 g/mol. The molecular weight excluding hydrogens is 316 g/mol. The third-order valence-electron chi connectivity index (χ3n) is 5.08. The second-order valence-electron chi connectivity index (χ2n) is 6.85. The van der Waals surface area contributed by atoms with Gasteiger partial charge in [0.15, 0.2) is 0 Å². The van der Waals surface area contributed by atoms with Gasteiger partial charge in [0.1, 0.15) is 0 Å². The fraction of sp³-hybridized carbons (Fsp3) is 0.409. The van der Waals surface area contributed by atoms with Crippen molar-refractivity contribution in [2.24, 2.45) is 5.92 Å². The number of pyridine rings is 1. The van der Waals surface area contributed by atoms with Crippen LogP contribution in [0.2, 0.25) is 0 Å². The Balaban J connectivity index is 1.64. The first-order valence-corrected chi connectivity index (χ1v) is 9.09. The van der Waals surface area contributed by atoms with E-state index in [0.717, 1.165) is 17.5 Å². The second-order valence-corrected chi connectivity index (χ2v) is 6.85. The second kappa shape index (κ2) is 8.25. The summed E-state index contributed by atoms with van der Waals surface area (Å²) >= 11 is 0. The summed E-state index contributed by atoms with van der Waals surface area (Å²) in [6.07, 6.45) is 7.83. The summed E-state index contributed by atoms with van der Waals surface area (Å²) in [5.41, 5.74) is 2.31. The Kier molecular flexibility index (Phi) is 5.81. The zero-order valence-electron chi connectivity index (χ0n) is 14.6. The van der Waals surface area contributed by atoms with Crippen LogP contribution in [0, 0.1) is 29.7 Å². The molecule has 0 bridgehead atoms. The van der Waals surface area contributed by atoms with Crippen molar-refractivity contribution in [3.8, 4) is 11.8 Å². The van der Waals surface area contributed by atoms with Gasteiger partial charge in [-0.1, -0.05) is 43.7 Å². The van der Waals surface area contributed by atoms with E-state index in [2.05, 4.69) is 35.9 Å². The lowest BCUT2D eigenvalue weighted by molar-refractivity contribution is 0.308. The number of hydrogen-bond donors (Lipinski definition) is 0. The van der Waals surface area contributed by atoms with Gasteiger partial charge in [0.05, 0.1) is 5.56 Å². The molecule has 0 N–H and O–H groups in total. The van der Waals surface area contributed by atoms with Crippen LogP contribution in [0.25, 0.3) is 0 Å². The molecular formula is C22H23F2N. The molecule has 1 fully saturated rings. The van der Waals surface area contributed by atoms with E-state index in [1.54, 1.807) is 0 Å². The molecule has 1 aliphatic rings. The third-order valence-corrected chi connectivity index (χ3v) is 5.08. The quantitative estimate of drug-likeness (QED) is 0.506. The molecule has 1 aromatic heterocycles. The molecule has 0 atom stereocenters. The standard InChI is InChI=1S/C22H23F2N/c1-2-3-16-4-9-18(10-5-16)19-11-6-17(7-12-19)8-13-20-14-15-21(23)25-22(20)24/h6-7,11-12,14-16,18H,2-5,9-10H2,1H3/t16-,18-. The van der Waals surface area contributed by atoms with E-state index in [4.69, 9.17) is 0 Å². The van der Waals surface area contributed by atoms with E-state index >= 15 is 0 Å². The van der Waals surface area contributed by atoms with E-state index in [1.807, 2.05) is 12.1 Å². The van der Waals surface area contributed by atoms with Gasteiger partial charge >= 0.3 is 0 Å². The van der Waals surface area contributed by atoms with Gasteiger partial charge in [0.2, 0.25) is 11.9 Å². The number of benzene rings is 1. The molecule has 3 heteroatoms. The van der Waals surface area contributed by atoms with E-state index in [0.29, 0.717) is 5.92 Å². The monoisotopic (exact) mass is 339 g/mol. The smallest absolute Gasteiger partial charge is 0.189 e. The molecule has 0 aliphatic heterocycles. The Morgan fingerprint density at radius 1 is 0.960 bits per heavy atom. The zero-order valence-corrected chi connectivity index (χ0v) is 14.6. The largest absolute Gasteiger partial charge is 0.231 e. The van der Waals surface area contributed by atoms with E-state index in [1.165, 1.54) is 50.2 Å². The number of rotatable bonds is 3. The normalized spacial score (nSPS) is 20.0. The molecule has 0 unspecified atom stereocenters. The van der Waals surface area contributed by atoms with Gasteiger partial charge in [-0.2, -0.15) is 13.8 Å². The number of aromatic nitrogens is 1. The molecule has 0 radical (unpaired) electrons. The minimum Gasteiger partial charge on any atom is -0.189 e. The predicted octanol–water partition coefficient (Wildman–Crippen LogP) is 5.83. The van der Waals surface area contributed by atoms with Crippen LogP contribution < -0.4 is 0 Å². The van der Waals surface area contributed by atoms with Gasteiger partial charge < -0.3 is 0 Å². The summed E-state index contributed by atoms with van der Waals surface area (Å²) in [6.45, 7) is 2.26. The Hall–Kier alpha value is -2.21. The van der Waals surface area contributed by atoms with Crippen LogP contribution in [-0.4, -0.2) is 4.98 Å². The molecule has 2 aromatic rings. The first-order valence-electron chi connectivity index (χ1n) is 9.09. The number of halogens is 2. The van der Waals surface area contributed by atoms with Crippen LogP contribution in [0.3, 0.4) is 0 Å². The molecule has 25 heavy (non-hydrogen) atoms. The summed E-state index contributed by atoms with van der Waals surface area (Å²) in [6, 6.07) is 10.7. The summed E-state index contributed by atoms with van der Waals surface area (Å²) in [4.78, 5) is 3.14. The Morgan fingerprint density at radius 2 is 1.68 bits per heavy atom. The molecule has 1 aliphatic carbocycles. The fourth-order valence-corrected chi connectivity index (χ4v) is 3.68. The summed E-state index contributed by atoms with van der Waals surface area (Å²) in [5.74, 6) is 5.50. The molecule has 1 aromatic carbocycles. The fourth-order valence-electron chi connectivity index (χ4n) is 3.68. The third kappa shape index (κ3) is 4.66. The maximum absolute atomic E-state index is 13.5. The molecule has 1 saturated carbocycles. The van der Waals surface area contributed by atoms with Crippen LogP contribution in [0.15, 0.2) is 36.4 Å². The zero-order chi connectivity index (χ0) is 17.6. The molecule has 0 spiro atoms. The van der Waals surface area contributed by atoms with Crippen molar-refractivity contribution in [1.82, 2.24) is 4.98 Å². The minimum atomic E-state index is -0.868. The SMILES string of the molecule is CCC[C@H]1CC[C@H](c2ccc(C#Cc3ccc(F)nc3F)cc2)CC1. The lowest BCUT2D eigenvalue weighted by Crippen LogP contribution is -2.13. The van der Waals surface area contributed by atoms with Gasteiger partial charge in [-0.15, -0.1) is 0 Å². The van der Waals surface area contributed by atoms with Crippen molar-refractivity contribution in [3.05, 3.63) is 65.0 Å². The highest BCUT2D eigenvalue weighted by molar-refractivity contribution is 5.43. The molecule has 130 valence electrons. The van der Waals surface area contributed by atoms with Crippen LogP contribution in [0.5, 0.6) is 0 Å². The van der Waals surface area contributed by atoms with Crippen molar-refractivity contribution >= 4 is 0 Å². The molecule has 3 rings (SSSR count). The lowest BCUT2D eigenvalue weighted by atomic mass is 9.77. The van der Waals surface area contributed by atoms with Crippen molar-refractivity contribution in [3.63, 3.8) is 0 Å². The van der Waals surface area contributed by atoms with Crippen molar-refractivity contribution < 1.29 is 8.78 Å². The molecule has 1 nitrogen and oxygen atoms in total. The van der Waals surface area contributed by atoms with Crippen molar-refractivity contribution in [2.45, 2.75) is 51.4 Å². The van der Waals surface area contributed by atoms with Gasteiger partial charge in [0.25, 0.3) is 0 Å². The van der Waals surface area contributed by atoms with Crippen LogP contribution in [0.1, 0.15) is 68.1 Å². The highest BCUT2D eigenvalue weighted by Gasteiger charge is 2.21. The Bertz CT molecular complexity index is 763. The highest BCUT2D eigenvalue weighted by atomic mass is 19.1. The molecule has 0 saturated heterocycles. The Morgan fingerprint density at radius 3 is 2.32 bits per heavy atom. The highest BCUT2D eigenvalue weighted by Crippen LogP contribution is 2.37. The number of hydrogen-bond acceptors (Lipinski definition) is 1. The molecule has 0 amide bonds. The summed E-state index contributed by atoms with van der Waals surface area (Å²) in [7, 11) is 0. The van der Waals surface area contributed by atoms with E-state index < -0.39 is 11.9 Å².